The molecule has 0 bridgehead atoms. The first-order valence-corrected chi connectivity index (χ1v) is 6.45. The zero-order valence-corrected chi connectivity index (χ0v) is 10.9. The van der Waals surface area contributed by atoms with Crippen molar-refractivity contribution < 1.29 is 9.53 Å². The van der Waals surface area contributed by atoms with Crippen LogP contribution in [0.3, 0.4) is 0 Å². The van der Waals surface area contributed by atoms with E-state index in [1.165, 1.54) is 12.8 Å². The summed E-state index contributed by atoms with van der Waals surface area (Å²) in [5, 5.41) is 3.02. The number of amides is 1. The normalized spacial score (nSPS) is 17.8. The molecule has 0 unspecified atom stereocenters. The lowest BCUT2D eigenvalue weighted by atomic mass is 9.87. The maximum absolute atomic E-state index is 11.8. The highest BCUT2D eigenvalue weighted by molar-refractivity contribution is 5.75. The molecule has 0 atom stereocenters. The van der Waals surface area contributed by atoms with E-state index in [1.54, 1.807) is 30.4 Å². The number of imidazole rings is 1. The van der Waals surface area contributed by atoms with Crippen LogP contribution in [0.5, 0.6) is 0 Å². The monoisotopic (exact) mass is 251 g/mol. The molecule has 0 aromatic carbocycles. The average molecular weight is 251 g/mol. The molecule has 1 N–H and O–H groups in total. The van der Waals surface area contributed by atoms with E-state index in [0.717, 1.165) is 19.4 Å². The van der Waals surface area contributed by atoms with Crippen LogP contribution < -0.4 is 5.32 Å². The maximum Gasteiger partial charge on any atom is 0.239 e. The van der Waals surface area contributed by atoms with Gasteiger partial charge in [-0.3, -0.25) is 4.79 Å². The Morgan fingerprint density at radius 2 is 2.28 bits per heavy atom. The van der Waals surface area contributed by atoms with Gasteiger partial charge in [-0.15, -0.1) is 0 Å². The predicted octanol–water partition coefficient (Wildman–Crippen LogP) is 1.21. The van der Waals surface area contributed by atoms with Crippen LogP contribution >= 0.6 is 0 Å². The molecule has 18 heavy (non-hydrogen) atoms. The first kappa shape index (κ1) is 13.1. The topological polar surface area (TPSA) is 56.1 Å². The highest BCUT2D eigenvalue weighted by atomic mass is 16.5. The van der Waals surface area contributed by atoms with Crippen molar-refractivity contribution in [3.8, 4) is 0 Å². The Kier molecular flexibility index (Phi) is 4.36. The van der Waals surface area contributed by atoms with E-state index in [0.29, 0.717) is 13.1 Å². The van der Waals surface area contributed by atoms with Crippen LogP contribution in [0.1, 0.15) is 25.7 Å². The standard InChI is InChI=1S/C13H21N3O2/c1-18-10-13(4-2-3-5-13)9-15-12(17)8-16-7-6-14-11-16/h6-7,11H,2-5,8-10H2,1H3,(H,15,17). The molecular weight excluding hydrogens is 230 g/mol. The van der Waals surface area contributed by atoms with E-state index in [-0.39, 0.29) is 11.3 Å². The Morgan fingerprint density at radius 3 is 2.89 bits per heavy atom. The van der Waals surface area contributed by atoms with Gasteiger partial charge in [0.25, 0.3) is 0 Å². The molecule has 100 valence electrons. The Morgan fingerprint density at radius 1 is 1.50 bits per heavy atom. The minimum absolute atomic E-state index is 0.0374. The molecule has 1 aliphatic carbocycles. The van der Waals surface area contributed by atoms with Crippen LogP contribution in [-0.4, -0.2) is 35.7 Å². The summed E-state index contributed by atoms with van der Waals surface area (Å²) in [7, 11) is 1.73. The third-order valence-corrected chi connectivity index (χ3v) is 3.66. The number of rotatable bonds is 6. The summed E-state index contributed by atoms with van der Waals surface area (Å²) < 4.78 is 7.07. The number of hydrogen-bond donors (Lipinski definition) is 1. The molecule has 1 fully saturated rings. The van der Waals surface area contributed by atoms with E-state index in [4.69, 9.17) is 4.74 Å². The van der Waals surface area contributed by atoms with E-state index >= 15 is 0 Å². The summed E-state index contributed by atoms with van der Waals surface area (Å²) in [6.07, 6.45) is 9.89. The Balaban J connectivity index is 1.80. The van der Waals surface area contributed by atoms with Gasteiger partial charge < -0.3 is 14.6 Å². The first-order valence-electron chi connectivity index (χ1n) is 6.45. The summed E-state index contributed by atoms with van der Waals surface area (Å²) in [5.41, 5.74) is 0.152. The molecule has 1 aromatic rings. The summed E-state index contributed by atoms with van der Waals surface area (Å²) in [5.74, 6) is 0.0374. The van der Waals surface area contributed by atoms with Gasteiger partial charge in [0.05, 0.1) is 12.9 Å². The minimum atomic E-state index is 0.0374. The second-order valence-electron chi connectivity index (χ2n) is 5.15. The van der Waals surface area contributed by atoms with Crippen molar-refractivity contribution in [2.75, 3.05) is 20.3 Å². The van der Waals surface area contributed by atoms with Gasteiger partial charge in [-0.1, -0.05) is 12.8 Å². The number of nitrogens with one attached hydrogen (secondary N) is 1. The molecule has 2 rings (SSSR count). The van der Waals surface area contributed by atoms with Gasteiger partial charge in [-0.25, -0.2) is 4.98 Å². The Hall–Kier alpha value is -1.36. The van der Waals surface area contributed by atoms with Crippen molar-refractivity contribution in [3.05, 3.63) is 18.7 Å². The molecule has 5 nitrogen and oxygen atoms in total. The van der Waals surface area contributed by atoms with Gasteiger partial charge in [-0.2, -0.15) is 0 Å². The van der Waals surface area contributed by atoms with Gasteiger partial charge in [0.15, 0.2) is 0 Å². The van der Waals surface area contributed by atoms with Gasteiger partial charge in [0.1, 0.15) is 6.54 Å². The fraction of sp³-hybridized carbons (Fsp3) is 0.692. The smallest absolute Gasteiger partial charge is 0.239 e. The van der Waals surface area contributed by atoms with Gasteiger partial charge >= 0.3 is 0 Å². The van der Waals surface area contributed by atoms with E-state index < -0.39 is 0 Å². The van der Waals surface area contributed by atoms with Crippen molar-refractivity contribution in [2.45, 2.75) is 32.2 Å². The summed E-state index contributed by atoms with van der Waals surface area (Å²) >= 11 is 0. The van der Waals surface area contributed by atoms with Gasteiger partial charge in [-0.05, 0) is 12.8 Å². The van der Waals surface area contributed by atoms with E-state index in [2.05, 4.69) is 10.3 Å². The molecule has 5 heteroatoms. The first-order chi connectivity index (χ1) is 8.74. The summed E-state index contributed by atoms with van der Waals surface area (Å²) in [6.45, 7) is 1.79. The number of hydrogen-bond acceptors (Lipinski definition) is 3. The number of aromatic nitrogens is 2. The van der Waals surface area contributed by atoms with Crippen molar-refractivity contribution >= 4 is 5.91 Å². The van der Waals surface area contributed by atoms with Crippen LogP contribution in [0, 0.1) is 5.41 Å². The van der Waals surface area contributed by atoms with Gasteiger partial charge in [0.2, 0.25) is 5.91 Å². The second-order valence-corrected chi connectivity index (χ2v) is 5.15. The number of methoxy groups -OCH3 is 1. The quantitative estimate of drug-likeness (QED) is 0.826. The van der Waals surface area contributed by atoms with Crippen molar-refractivity contribution in [1.29, 1.82) is 0 Å². The van der Waals surface area contributed by atoms with Crippen molar-refractivity contribution in [3.63, 3.8) is 0 Å². The molecule has 0 spiro atoms. The lowest BCUT2D eigenvalue weighted by Gasteiger charge is -2.28. The molecule has 1 amide bonds. The van der Waals surface area contributed by atoms with Crippen LogP contribution in [-0.2, 0) is 16.1 Å². The average Bonchev–Trinajstić information content (AvgIpc) is 2.99. The molecule has 1 aliphatic rings. The number of nitrogens with zero attached hydrogens (tertiary/aromatic N) is 2. The summed E-state index contributed by atoms with van der Waals surface area (Å²) in [4.78, 5) is 15.7. The van der Waals surface area contributed by atoms with Crippen LogP contribution in [0.25, 0.3) is 0 Å². The third-order valence-electron chi connectivity index (χ3n) is 3.66. The Bertz CT molecular complexity index is 370. The zero-order valence-electron chi connectivity index (χ0n) is 10.9. The molecule has 0 saturated heterocycles. The van der Waals surface area contributed by atoms with Crippen molar-refractivity contribution in [1.82, 2.24) is 14.9 Å². The summed E-state index contributed by atoms with van der Waals surface area (Å²) in [6, 6.07) is 0. The SMILES string of the molecule is COCC1(CNC(=O)Cn2ccnc2)CCCC1. The van der Waals surface area contributed by atoms with Crippen LogP contribution in [0.15, 0.2) is 18.7 Å². The highest BCUT2D eigenvalue weighted by Gasteiger charge is 2.34. The lowest BCUT2D eigenvalue weighted by Crippen LogP contribution is -2.39. The maximum atomic E-state index is 11.8. The largest absolute Gasteiger partial charge is 0.384 e. The number of carbonyl (C=O) groups excluding carboxylic acids is 1. The van der Waals surface area contributed by atoms with Crippen LogP contribution in [0.4, 0.5) is 0 Å². The molecule has 1 saturated carbocycles. The second kappa shape index (κ2) is 6.00. The predicted molar refractivity (Wildman–Crippen MR) is 68.0 cm³/mol. The highest BCUT2D eigenvalue weighted by Crippen LogP contribution is 2.37. The molecule has 0 radical (unpaired) electrons. The third kappa shape index (κ3) is 3.32. The van der Waals surface area contributed by atoms with Crippen LogP contribution in [0.2, 0.25) is 0 Å². The fourth-order valence-corrected chi connectivity index (χ4v) is 2.69. The molecule has 0 aliphatic heterocycles. The molecule has 1 heterocycles. The molecule has 1 aromatic heterocycles. The lowest BCUT2D eigenvalue weighted by molar-refractivity contribution is -0.122. The Labute approximate surface area is 108 Å². The van der Waals surface area contributed by atoms with E-state index in [9.17, 15) is 4.79 Å². The van der Waals surface area contributed by atoms with E-state index in [1.807, 2.05) is 0 Å². The fourth-order valence-electron chi connectivity index (χ4n) is 2.69. The molecular formula is C13H21N3O2. The minimum Gasteiger partial charge on any atom is -0.384 e. The zero-order chi connectivity index (χ0) is 12.8. The van der Waals surface area contributed by atoms with Gasteiger partial charge in [0, 0.05) is 31.5 Å². The van der Waals surface area contributed by atoms with Crippen molar-refractivity contribution in [2.24, 2.45) is 5.41 Å². The number of ether oxygens (including phenoxy) is 1. The number of carbonyl (C=O) groups is 1.